The number of halogens is 1. The summed E-state index contributed by atoms with van der Waals surface area (Å²) in [4.78, 5) is 7.22. The van der Waals surface area contributed by atoms with Crippen molar-refractivity contribution in [3.05, 3.63) is 21.3 Å². The second kappa shape index (κ2) is 2.62. The van der Waals surface area contributed by atoms with E-state index >= 15 is 0 Å². The minimum absolute atomic E-state index is 0.484. The summed E-state index contributed by atoms with van der Waals surface area (Å²) in [6, 6.07) is 4.10. The van der Waals surface area contributed by atoms with Crippen molar-refractivity contribution in [3.63, 3.8) is 0 Å². The number of nitrogens with one attached hydrogen (secondary N) is 1. The van der Waals surface area contributed by atoms with Gasteiger partial charge in [-0.05, 0) is 41.1 Å². The average Bonchev–Trinajstić information content (AvgIpc) is 2.41. The van der Waals surface area contributed by atoms with Gasteiger partial charge in [0.1, 0.15) is 0 Å². The van der Waals surface area contributed by atoms with Crippen LogP contribution in [0.5, 0.6) is 0 Å². The molecule has 1 aromatic heterocycles. The lowest BCUT2D eigenvalue weighted by Gasteiger charge is -1.95. The van der Waals surface area contributed by atoms with Gasteiger partial charge in [0.25, 0.3) is 0 Å². The molecule has 0 unspecified atom stereocenters. The van der Waals surface area contributed by atoms with Crippen molar-refractivity contribution in [3.8, 4) is 0 Å². The Kier molecular flexibility index (Phi) is 1.71. The Labute approximate surface area is 83.5 Å². The van der Waals surface area contributed by atoms with Gasteiger partial charge in [-0.25, -0.2) is 4.98 Å². The van der Waals surface area contributed by atoms with E-state index in [1.807, 2.05) is 13.0 Å². The van der Waals surface area contributed by atoms with E-state index in [2.05, 4.69) is 38.6 Å². The number of H-pyrrole nitrogens is 1. The molecular weight excluding hydrogens is 265 g/mol. The summed E-state index contributed by atoms with van der Waals surface area (Å²) in [6.07, 6.45) is 0. The van der Waals surface area contributed by atoms with Gasteiger partial charge in [-0.3, -0.25) is 0 Å². The van der Waals surface area contributed by atoms with Crippen molar-refractivity contribution in [2.75, 3.05) is 5.73 Å². The van der Waals surface area contributed by atoms with Crippen LogP contribution in [0.2, 0.25) is 0 Å². The van der Waals surface area contributed by atoms with E-state index in [0.717, 1.165) is 20.2 Å². The number of anilines is 1. The molecule has 0 spiro atoms. The predicted molar refractivity (Wildman–Crippen MR) is 58.0 cm³/mol. The third kappa shape index (κ3) is 1.06. The number of imidazole rings is 1. The monoisotopic (exact) mass is 273 g/mol. The van der Waals surface area contributed by atoms with Crippen LogP contribution in [0.1, 0.15) is 5.56 Å². The molecule has 1 aromatic carbocycles. The van der Waals surface area contributed by atoms with Gasteiger partial charge < -0.3 is 10.7 Å². The molecule has 0 aliphatic rings. The summed E-state index contributed by atoms with van der Waals surface area (Å²) in [6.45, 7) is 2.03. The van der Waals surface area contributed by atoms with Crippen LogP contribution in [-0.4, -0.2) is 9.97 Å². The smallest absolute Gasteiger partial charge is 0.198 e. The Morgan fingerprint density at radius 1 is 1.50 bits per heavy atom. The average molecular weight is 273 g/mol. The first-order valence-corrected chi connectivity index (χ1v) is 4.66. The molecule has 0 fully saturated rings. The molecule has 0 bridgehead atoms. The predicted octanol–water partition coefficient (Wildman–Crippen LogP) is 2.06. The standard InChI is InChI=1S/C8H8IN3/c1-4-2-3-5(9)7-6(4)11-8(10)12-7/h2-3H,1H3,(H3,10,11,12). The number of nitrogens with zero attached hydrogens (tertiary/aromatic N) is 1. The number of nitrogens with two attached hydrogens (primary N) is 1. The Hall–Kier alpha value is -0.780. The summed E-state index contributed by atoms with van der Waals surface area (Å²) in [5.41, 5.74) is 8.72. The topological polar surface area (TPSA) is 54.7 Å². The third-order valence-electron chi connectivity index (χ3n) is 1.81. The first-order valence-electron chi connectivity index (χ1n) is 3.59. The number of nitrogen functional groups attached to an aromatic ring is 1. The van der Waals surface area contributed by atoms with Crippen LogP contribution in [0.25, 0.3) is 11.0 Å². The number of aromatic amines is 1. The molecule has 3 N–H and O–H groups in total. The number of hydrogen-bond acceptors (Lipinski definition) is 2. The highest BCUT2D eigenvalue weighted by molar-refractivity contribution is 14.1. The number of benzene rings is 1. The summed E-state index contributed by atoms with van der Waals surface area (Å²) < 4.78 is 1.15. The molecule has 4 heteroatoms. The molecule has 12 heavy (non-hydrogen) atoms. The van der Waals surface area contributed by atoms with Crippen molar-refractivity contribution in [2.24, 2.45) is 0 Å². The molecule has 0 saturated heterocycles. The van der Waals surface area contributed by atoms with Gasteiger partial charge in [0.05, 0.1) is 11.0 Å². The fourth-order valence-electron chi connectivity index (χ4n) is 1.21. The minimum atomic E-state index is 0.484. The molecule has 0 aliphatic carbocycles. The van der Waals surface area contributed by atoms with Crippen LogP contribution in [0, 0.1) is 10.5 Å². The number of aromatic nitrogens is 2. The fourth-order valence-corrected chi connectivity index (χ4v) is 1.78. The van der Waals surface area contributed by atoms with Crippen LogP contribution < -0.4 is 5.73 Å². The largest absolute Gasteiger partial charge is 0.369 e. The van der Waals surface area contributed by atoms with Crippen LogP contribution >= 0.6 is 22.6 Å². The first-order chi connectivity index (χ1) is 5.68. The second-order valence-corrected chi connectivity index (χ2v) is 3.87. The van der Waals surface area contributed by atoms with E-state index in [9.17, 15) is 0 Å². The van der Waals surface area contributed by atoms with Crippen molar-refractivity contribution < 1.29 is 0 Å². The first kappa shape index (κ1) is 7.85. The molecule has 2 aromatic rings. The third-order valence-corrected chi connectivity index (χ3v) is 2.71. The molecule has 1 heterocycles. The highest BCUT2D eigenvalue weighted by atomic mass is 127. The van der Waals surface area contributed by atoms with Gasteiger partial charge in [0, 0.05) is 3.57 Å². The minimum Gasteiger partial charge on any atom is -0.369 e. The van der Waals surface area contributed by atoms with Crippen LogP contribution in [-0.2, 0) is 0 Å². The molecule has 3 nitrogen and oxygen atoms in total. The van der Waals surface area contributed by atoms with Gasteiger partial charge in [0.2, 0.25) is 0 Å². The Bertz CT molecular complexity index is 394. The highest BCUT2D eigenvalue weighted by Gasteiger charge is 2.05. The Morgan fingerprint density at radius 3 is 2.92 bits per heavy atom. The summed E-state index contributed by atoms with van der Waals surface area (Å²) in [5, 5.41) is 0. The zero-order chi connectivity index (χ0) is 8.72. The van der Waals surface area contributed by atoms with E-state index in [1.54, 1.807) is 0 Å². The van der Waals surface area contributed by atoms with E-state index in [4.69, 9.17) is 5.73 Å². The van der Waals surface area contributed by atoms with E-state index in [-0.39, 0.29) is 0 Å². The number of aryl methyl sites for hydroxylation is 1. The lowest BCUT2D eigenvalue weighted by molar-refractivity contribution is 1.35. The fraction of sp³-hybridized carbons (Fsp3) is 0.125. The maximum absolute atomic E-state index is 5.56. The van der Waals surface area contributed by atoms with Crippen LogP contribution in [0.3, 0.4) is 0 Å². The number of rotatable bonds is 0. The zero-order valence-electron chi connectivity index (χ0n) is 6.56. The van der Waals surface area contributed by atoms with Gasteiger partial charge in [-0.2, -0.15) is 0 Å². The maximum atomic E-state index is 5.56. The van der Waals surface area contributed by atoms with Crippen molar-refractivity contribution in [1.82, 2.24) is 9.97 Å². The molecule has 62 valence electrons. The van der Waals surface area contributed by atoms with Crippen LogP contribution in [0.4, 0.5) is 5.95 Å². The van der Waals surface area contributed by atoms with E-state index in [1.165, 1.54) is 0 Å². The summed E-state index contributed by atoms with van der Waals surface area (Å²) >= 11 is 2.26. The highest BCUT2D eigenvalue weighted by Crippen LogP contribution is 2.21. The van der Waals surface area contributed by atoms with Gasteiger partial charge in [0.15, 0.2) is 5.95 Å². The van der Waals surface area contributed by atoms with Crippen molar-refractivity contribution >= 4 is 39.6 Å². The van der Waals surface area contributed by atoms with Crippen molar-refractivity contribution in [1.29, 1.82) is 0 Å². The summed E-state index contributed by atoms with van der Waals surface area (Å²) in [5.74, 6) is 0.484. The Balaban J connectivity index is 2.93. The number of fused-ring (bicyclic) bond motifs is 1. The Morgan fingerprint density at radius 2 is 2.25 bits per heavy atom. The van der Waals surface area contributed by atoms with E-state index < -0.39 is 0 Å². The van der Waals surface area contributed by atoms with Crippen molar-refractivity contribution in [2.45, 2.75) is 6.92 Å². The van der Waals surface area contributed by atoms with Gasteiger partial charge in [-0.1, -0.05) is 6.07 Å². The normalized spacial score (nSPS) is 10.8. The zero-order valence-corrected chi connectivity index (χ0v) is 8.71. The second-order valence-electron chi connectivity index (χ2n) is 2.71. The molecule has 0 saturated carbocycles. The summed E-state index contributed by atoms with van der Waals surface area (Å²) in [7, 11) is 0. The van der Waals surface area contributed by atoms with Crippen LogP contribution in [0.15, 0.2) is 12.1 Å². The molecule has 2 rings (SSSR count). The van der Waals surface area contributed by atoms with E-state index in [0.29, 0.717) is 5.95 Å². The van der Waals surface area contributed by atoms with Gasteiger partial charge in [-0.15, -0.1) is 0 Å². The number of hydrogen-bond donors (Lipinski definition) is 2. The molecule has 0 radical (unpaired) electrons. The van der Waals surface area contributed by atoms with Gasteiger partial charge >= 0.3 is 0 Å². The quantitative estimate of drug-likeness (QED) is 0.722. The molecule has 0 amide bonds. The molecule has 0 atom stereocenters. The lowest BCUT2D eigenvalue weighted by Crippen LogP contribution is -1.84. The maximum Gasteiger partial charge on any atom is 0.198 e. The lowest BCUT2D eigenvalue weighted by atomic mass is 10.2. The molecular formula is C8H8IN3. The SMILES string of the molecule is Cc1ccc(I)c2[nH]c(N)nc12. The molecule has 0 aliphatic heterocycles.